The van der Waals surface area contributed by atoms with Crippen LogP contribution >= 0.6 is 15.9 Å². The average molecular weight is 349 g/mol. The highest BCUT2D eigenvalue weighted by atomic mass is 79.9. The first-order valence-electron chi connectivity index (χ1n) is 6.53. The number of hydrogen-bond donors (Lipinski definition) is 2. The number of nitrogens with one attached hydrogen (secondary N) is 1. The van der Waals surface area contributed by atoms with Crippen LogP contribution in [0.15, 0.2) is 46.9 Å². The Morgan fingerprint density at radius 1 is 1.29 bits per heavy atom. The first-order chi connectivity index (χ1) is 10.0. The zero-order valence-corrected chi connectivity index (χ0v) is 13.3. The topological polar surface area (TPSA) is 64.3 Å². The predicted octanol–water partition coefficient (Wildman–Crippen LogP) is 3.50. The fourth-order valence-electron chi connectivity index (χ4n) is 1.87. The lowest BCUT2D eigenvalue weighted by atomic mass is 10.2. The number of rotatable bonds is 5. The Morgan fingerprint density at radius 3 is 2.81 bits per heavy atom. The standard InChI is InChI=1S/C16H17BrN2O2/c1-11-5-6-15(14(18)7-11)19-16(20)10-21-9-12-3-2-4-13(17)8-12/h2-8H,9-10,18H2,1H3,(H,19,20). The van der Waals surface area contributed by atoms with Crippen molar-refractivity contribution in [3.8, 4) is 0 Å². The molecule has 0 aliphatic heterocycles. The van der Waals surface area contributed by atoms with Crippen LogP contribution in [0.5, 0.6) is 0 Å². The molecule has 1 amide bonds. The molecule has 0 aliphatic rings. The number of amides is 1. The van der Waals surface area contributed by atoms with Gasteiger partial charge in [-0.3, -0.25) is 4.79 Å². The largest absolute Gasteiger partial charge is 0.397 e. The Balaban J connectivity index is 1.82. The molecule has 2 aromatic rings. The lowest BCUT2D eigenvalue weighted by Gasteiger charge is -2.09. The summed E-state index contributed by atoms with van der Waals surface area (Å²) in [5.41, 5.74) is 9.06. The molecular formula is C16H17BrN2O2. The number of anilines is 2. The van der Waals surface area contributed by atoms with Gasteiger partial charge in [0.2, 0.25) is 5.91 Å². The van der Waals surface area contributed by atoms with E-state index in [9.17, 15) is 4.79 Å². The summed E-state index contributed by atoms with van der Waals surface area (Å²) in [7, 11) is 0. The van der Waals surface area contributed by atoms with Crippen LogP contribution < -0.4 is 11.1 Å². The second-order valence-electron chi connectivity index (χ2n) is 4.76. The maximum absolute atomic E-state index is 11.8. The van der Waals surface area contributed by atoms with Gasteiger partial charge in [-0.1, -0.05) is 34.1 Å². The highest BCUT2D eigenvalue weighted by Gasteiger charge is 2.06. The summed E-state index contributed by atoms with van der Waals surface area (Å²) in [5, 5.41) is 2.74. The molecule has 0 fully saturated rings. The van der Waals surface area contributed by atoms with Gasteiger partial charge in [-0.05, 0) is 42.3 Å². The number of ether oxygens (including phenoxy) is 1. The minimum atomic E-state index is -0.222. The highest BCUT2D eigenvalue weighted by molar-refractivity contribution is 9.10. The number of carbonyl (C=O) groups is 1. The molecule has 110 valence electrons. The monoisotopic (exact) mass is 348 g/mol. The molecule has 2 rings (SSSR count). The van der Waals surface area contributed by atoms with E-state index in [0.717, 1.165) is 15.6 Å². The second-order valence-corrected chi connectivity index (χ2v) is 5.68. The van der Waals surface area contributed by atoms with Crippen molar-refractivity contribution in [2.75, 3.05) is 17.7 Å². The third kappa shape index (κ3) is 4.88. The Kier molecular flexibility index (Phi) is 5.36. The summed E-state index contributed by atoms with van der Waals surface area (Å²) in [4.78, 5) is 11.8. The summed E-state index contributed by atoms with van der Waals surface area (Å²) in [6, 6.07) is 13.3. The van der Waals surface area contributed by atoms with E-state index < -0.39 is 0 Å². The number of halogens is 1. The normalized spacial score (nSPS) is 10.4. The first-order valence-corrected chi connectivity index (χ1v) is 7.32. The average Bonchev–Trinajstić information content (AvgIpc) is 2.42. The van der Waals surface area contributed by atoms with Gasteiger partial charge >= 0.3 is 0 Å². The maximum Gasteiger partial charge on any atom is 0.250 e. The number of carbonyl (C=O) groups excluding carboxylic acids is 1. The lowest BCUT2D eigenvalue weighted by Crippen LogP contribution is -2.19. The summed E-state index contributed by atoms with van der Waals surface area (Å²) in [6.07, 6.45) is 0. The molecule has 0 saturated carbocycles. The van der Waals surface area contributed by atoms with Gasteiger partial charge in [-0.25, -0.2) is 0 Å². The van der Waals surface area contributed by atoms with Gasteiger partial charge in [0.25, 0.3) is 0 Å². The quantitative estimate of drug-likeness (QED) is 0.812. The predicted molar refractivity (Wildman–Crippen MR) is 88.0 cm³/mol. The second kappa shape index (κ2) is 7.24. The van der Waals surface area contributed by atoms with Gasteiger partial charge < -0.3 is 15.8 Å². The van der Waals surface area contributed by atoms with Crippen LogP contribution in [-0.2, 0) is 16.1 Å². The van der Waals surface area contributed by atoms with E-state index in [2.05, 4.69) is 21.2 Å². The van der Waals surface area contributed by atoms with Crippen LogP contribution in [-0.4, -0.2) is 12.5 Å². The molecule has 5 heteroatoms. The summed E-state index contributed by atoms with van der Waals surface area (Å²) >= 11 is 3.39. The van der Waals surface area contributed by atoms with Crippen molar-refractivity contribution in [3.05, 3.63) is 58.1 Å². The van der Waals surface area contributed by atoms with Crippen LogP contribution in [0.3, 0.4) is 0 Å². The van der Waals surface area contributed by atoms with E-state index in [1.807, 2.05) is 43.3 Å². The number of nitrogens with two attached hydrogens (primary N) is 1. The van der Waals surface area contributed by atoms with Crippen molar-refractivity contribution >= 4 is 33.2 Å². The zero-order valence-electron chi connectivity index (χ0n) is 11.7. The van der Waals surface area contributed by atoms with E-state index in [0.29, 0.717) is 18.0 Å². The van der Waals surface area contributed by atoms with Crippen LogP contribution in [0.25, 0.3) is 0 Å². The van der Waals surface area contributed by atoms with E-state index in [1.165, 1.54) is 0 Å². The molecule has 4 nitrogen and oxygen atoms in total. The molecule has 0 saturated heterocycles. The third-order valence-electron chi connectivity index (χ3n) is 2.87. The molecule has 3 N–H and O–H groups in total. The van der Waals surface area contributed by atoms with Crippen LogP contribution in [0.4, 0.5) is 11.4 Å². The van der Waals surface area contributed by atoms with Crippen LogP contribution in [0, 0.1) is 6.92 Å². The van der Waals surface area contributed by atoms with Gasteiger partial charge in [0.05, 0.1) is 18.0 Å². The van der Waals surface area contributed by atoms with Crippen molar-refractivity contribution < 1.29 is 9.53 Å². The van der Waals surface area contributed by atoms with Crippen molar-refractivity contribution in [3.63, 3.8) is 0 Å². The molecule has 0 unspecified atom stereocenters. The van der Waals surface area contributed by atoms with Gasteiger partial charge in [0.1, 0.15) is 6.61 Å². The van der Waals surface area contributed by atoms with E-state index in [-0.39, 0.29) is 12.5 Å². The fraction of sp³-hybridized carbons (Fsp3) is 0.188. The molecule has 0 aromatic heterocycles. The molecule has 0 radical (unpaired) electrons. The Labute approximate surface area is 132 Å². The van der Waals surface area contributed by atoms with Crippen molar-refractivity contribution in [1.82, 2.24) is 0 Å². The molecule has 21 heavy (non-hydrogen) atoms. The maximum atomic E-state index is 11.8. The van der Waals surface area contributed by atoms with E-state index >= 15 is 0 Å². The molecular weight excluding hydrogens is 332 g/mol. The Hall–Kier alpha value is -1.85. The molecule has 2 aromatic carbocycles. The smallest absolute Gasteiger partial charge is 0.250 e. The fourth-order valence-corrected chi connectivity index (χ4v) is 2.32. The SMILES string of the molecule is Cc1ccc(NC(=O)COCc2cccc(Br)c2)c(N)c1. The van der Waals surface area contributed by atoms with Crippen molar-refractivity contribution in [2.45, 2.75) is 13.5 Å². The summed E-state index contributed by atoms with van der Waals surface area (Å²) in [5.74, 6) is -0.222. The third-order valence-corrected chi connectivity index (χ3v) is 3.37. The van der Waals surface area contributed by atoms with Crippen LogP contribution in [0.1, 0.15) is 11.1 Å². The first kappa shape index (κ1) is 15.5. The van der Waals surface area contributed by atoms with Gasteiger partial charge in [-0.2, -0.15) is 0 Å². The minimum Gasteiger partial charge on any atom is -0.397 e. The molecule has 0 aliphatic carbocycles. The van der Waals surface area contributed by atoms with Crippen LogP contribution in [0.2, 0.25) is 0 Å². The highest BCUT2D eigenvalue weighted by Crippen LogP contribution is 2.19. The lowest BCUT2D eigenvalue weighted by molar-refractivity contribution is -0.121. The number of aryl methyl sites for hydroxylation is 1. The van der Waals surface area contributed by atoms with E-state index in [1.54, 1.807) is 6.07 Å². The van der Waals surface area contributed by atoms with Crippen molar-refractivity contribution in [1.29, 1.82) is 0 Å². The van der Waals surface area contributed by atoms with Gasteiger partial charge in [0.15, 0.2) is 0 Å². The minimum absolute atomic E-state index is 0.0141. The number of benzene rings is 2. The summed E-state index contributed by atoms with van der Waals surface area (Å²) in [6.45, 7) is 2.32. The number of nitrogen functional groups attached to an aromatic ring is 1. The number of hydrogen-bond acceptors (Lipinski definition) is 3. The molecule has 0 heterocycles. The van der Waals surface area contributed by atoms with Gasteiger partial charge in [0, 0.05) is 4.47 Å². The zero-order chi connectivity index (χ0) is 15.2. The molecule has 0 bridgehead atoms. The van der Waals surface area contributed by atoms with E-state index in [4.69, 9.17) is 10.5 Å². The Morgan fingerprint density at radius 2 is 2.10 bits per heavy atom. The van der Waals surface area contributed by atoms with Gasteiger partial charge in [-0.15, -0.1) is 0 Å². The Bertz CT molecular complexity index is 644. The molecule has 0 atom stereocenters. The molecule has 0 spiro atoms. The van der Waals surface area contributed by atoms with Crippen molar-refractivity contribution in [2.24, 2.45) is 0 Å². The summed E-state index contributed by atoms with van der Waals surface area (Å²) < 4.78 is 6.39.